The van der Waals surface area contributed by atoms with E-state index in [9.17, 15) is 9.59 Å². The summed E-state index contributed by atoms with van der Waals surface area (Å²) >= 11 is 0. The number of amides is 1. The van der Waals surface area contributed by atoms with Crippen LogP contribution in [0.5, 0.6) is 0 Å². The molecule has 1 amide bonds. The first-order chi connectivity index (χ1) is 10.1. The van der Waals surface area contributed by atoms with E-state index in [1.165, 1.54) is 0 Å². The van der Waals surface area contributed by atoms with Crippen molar-refractivity contribution in [3.63, 3.8) is 0 Å². The SMILES string of the molecule is Cc1cc(C)n(CC2CC2)c(=O)c1C(=O)Nc1nn[nH]n1. The van der Waals surface area contributed by atoms with Crippen molar-refractivity contribution in [1.82, 2.24) is 25.2 Å². The maximum absolute atomic E-state index is 12.6. The Bertz CT molecular complexity index is 730. The fourth-order valence-electron chi connectivity index (χ4n) is 2.37. The maximum atomic E-state index is 12.6. The summed E-state index contributed by atoms with van der Waals surface area (Å²) in [5.41, 5.74) is 1.39. The van der Waals surface area contributed by atoms with Gasteiger partial charge in [-0.1, -0.05) is 5.10 Å². The second kappa shape index (κ2) is 5.12. The van der Waals surface area contributed by atoms with Gasteiger partial charge in [-0.2, -0.15) is 5.21 Å². The number of pyridine rings is 1. The van der Waals surface area contributed by atoms with Crippen molar-refractivity contribution in [2.24, 2.45) is 5.92 Å². The van der Waals surface area contributed by atoms with Crippen LogP contribution < -0.4 is 10.9 Å². The van der Waals surface area contributed by atoms with Crippen LogP contribution in [0, 0.1) is 19.8 Å². The molecule has 1 aliphatic rings. The smallest absolute Gasteiger partial charge is 0.270 e. The van der Waals surface area contributed by atoms with Gasteiger partial charge in [0.05, 0.1) is 0 Å². The zero-order valence-electron chi connectivity index (χ0n) is 11.9. The second-order valence-electron chi connectivity index (χ2n) is 5.39. The Kier molecular flexibility index (Phi) is 3.28. The van der Waals surface area contributed by atoms with Crippen LogP contribution in [0.2, 0.25) is 0 Å². The lowest BCUT2D eigenvalue weighted by Crippen LogP contribution is -2.32. The molecule has 3 rings (SSSR count). The van der Waals surface area contributed by atoms with Crippen molar-refractivity contribution in [2.75, 3.05) is 5.32 Å². The lowest BCUT2D eigenvalue weighted by atomic mass is 10.1. The summed E-state index contributed by atoms with van der Waals surface area (Å²) in [7, 11) is 0. The largest absolute Gasteiger partial charge is 0.312 e. The Morgan fingerprint density at radius 1 is 1.48 bits per heavy atom. The Morgan fingerprint density at radius 3 is 2.86 bits per heavy atom. The summed E-state index contributed by atoms with van der Waals surface area (Å²) in [5, 5.41) is 15.4. The Morgan fingerprint density at radius 2 is 2.24 bits per heavy atom. The number of nitrogens with one attached hydrogen (secondary N) is 2. The molecule has 2 aromatic heterocycles. The standard InChI is InChI=1S/C13H16N6O2/c1-7-5-8(2)19(6-9-3-4-9)12(21)10(7)11(20)14-13-15-17-18-16-13/h5,9H,3-4,6H2,1-2H3,(H2,14,15,16,17,18,20). The summed E-state index contributed by atoms with van der Waals surface area (Å²) < 4.78 is 1.68. The molecule has 2 heterocycles. The van der Waals surface area contributed by atoms with Crippen LogP contribution >= 0.6 is 0 Å². The number of aryl methyl sites for hydroxylation is 2. The predicted molar refractivity (Wildman–Crippen MR) is 75.0 cm³/mol. The van der Waals surface area contributed by atoms with Crippen LogP contribution in [0.3, 0.4) is 0 Å². The van der Waals surface area contributed by atoms with Gasteiger partial charge >= 0.3 is 0 Å². The van der Waals surface area contributed by atoms with Crippen LogP contribution in [0.1, 0.15) is 34.5 Å². The molecule has 1 fully saturated rings. The van der Waals surface area contributed by atoms with E-state index >= 15 is 0 Å². The summed E-state index contributed by atoms with van der Waals surface area (Å²) in [6.45, 7) is 4.31. The molecule has 0 aromatic carbocycles. The summed E-state index contributed by atoms with van der Waals surface area (Å²) in [6, 6.07) is 1.86. The van der Waals surface area contributed by atoms with E-state index in [0.29, 0.717) is 18.0 Å². The summed E-state index contributed by atoms with van der Waals surface area (Å²) in [4.78, 5) is 24.9. The number of tetrazole rings is 1. The Hall–Kier alpha value is -2.51. The van der Waals surface area contributed by atoms with Crippen molar-refractivity contribution in [3.05, 3.63) is 33.2 Å². The van der Waals surface area contributed by atoms with Crippen LogP contribution in [0.25, 0.3) is 0 Å². The first kappa shape index (κ1) is 13.5. The Balaban J connectivity index is 1.96. The molecule has 0 bridgehead atoms. The van der Waals surface area contributed by atoms with Crippen molar-refractivity contribution in [3.8, 4) is 0 Å². The van der Waals surface area contributed by atoms with Gasteiger partial charge in [-0.15, -0.1) is 5.10 Å². The average molecular weight is 288 g/mol. The van der Waals surface area contributed by atoms with E-state index in [-0.39, 0.29) is 17.1 Å². The third-order valence-electron chi connectivity index (χ3n) is 3.64. The van der Waals surface area contributed by atoms with Crippen LogP contribution in [0.4, 0.5) is 5.95 Å². The molecule has 21 heavy (non-hydrogen) atoms. The lowest BCUT2D eigenvalue weighted by molar-refractivity contribution is 0.102. The highest BCUT2D eigenvalue weighted by atomic mass is 16.2. The molecule has 0 spiro atoms. The van der Waals surface area contributed by atoms with Crippen molar-refractivity contribution in [2.45, 2.75) is 33.2 Å². The van der Waals surface area contributed by atoms with Gasteiger partial charge in [0.25, 0.3) is 17.4 Å². The molecular formula is C13H16N6O2. The minimum atomic E-state index is -0.511. The number of H-pyrrole nitrogens is 1. The molecular weight excluding hydrogens is 272 g/mol. The van der Waals surface area contributed by atoms with Gasteiger partial charge in [-0.25, -0.2) is 0 Å². The van der Waals surface area contributed by atoms with Gasteiger partial charge in [0.1, 0.15) is 5.56 Å². The molecule has 8 nitrogen and oxygen atoms in total. The molecule has 0 aliphatic heterocycles. The molecule has 1 aliphatic carbocycles. The highest BCUT2D eigenvalue weighted by Gasteiger charge is 2.25. The molecule has 8 heteroatoms. The lowest BCUT2D eigenvalue weighted by Gasteiger charge is -2.13. The van der Waals surface area contributed by atoms with Gasteiger partial charge in [0, 0.05) is 12.2 Å². The zero-order chi connectivity index (χ0) is 15.0. The highest BCUT2D eigenvalue weighted by Crippen LogP contribution is 2.30. The van der Waals surface area contributed by atoms with E-state index in [0.717, 1.165) is 18.5 Å². The number of hydrogen-bond donors (Lipinski definition) is 2. The molecule has 2 aromatic rings. The van der Waals surface area contributed by atoms with E-state index in [4.69, 9.17) is 0 Å². The first-order valence-electron chi connectivity index (χ1n) is 6.82. The van der Waals surface area contributed by atoms with Gasteiger partial charge in [-0.05, 0) is 49.5 Å². The van der Waals surface area contributed by atoms with Crippen molar-refractivity contribution in [1.29, 1.82) is 0 Å². The number of anilines is 1. The number of carbonyl (C=O) groups is 1. The fourth-order valence-corrected chi connectivity index (χ4v) is 2.37. The topological polar surface area (TPSA) is 106 Å². The normalized spacial score (nSPS) is 14.2. The molecule has 1 saturated carbocycles. The summed E-state index contributed by atoms with van der Waals surface area (Å²) in [5.74, 6) is 0.0915. The summed E-state index contributed by atoms with van der Waals surface area (Å²) in [6.07, 6.45) is 2.29. The third-order valence-corrected chi connectivity index (χ3v) is 3.64. The van der Waals surface area contributed by atoms with Gasteiger partial charge in [0.2, 0.25) is 0 Å². The maximum Gasteiger partial charge on any atom is 0.270 e. The molecule has 0 saturated heterocycles. The van der Waals surface area contributed by atoms with Crippen LogP contribution in [-0.2, 0) is 6.54 Å². The number of nitrogens with zero attached hydrogens (tertiary/aromatic N) is 4. The van der Waals surface area contributed by atoms with Crippen molar-refractivity contribution >= 4 is 11.9 Å². The van der Waals surface area contributed by atoms with Gasteiger partial charge < -0.3 is 4.57 Å². The zero-order valence-corrected chi connectivity index (χ0v) is 11.9. The average Bonchev–Trinajstić information content (AvgIpc) is 3.10. The fraction of sp³-hybridized carbons (Fsp3) is 0.462. The van der Waals surface area contributed by atoms with E-state index < -0.39 is 5.91 Å². The molecule has 110 valence electrons. The van der Waals surface area contributed by atoms with Crippen LogP contribution in [0.15, 0.2) is 10.9 Å². The molecule has 0 unspecified atom stereocenters. The van der Waals surface area contributed by atoms with E-state index in [1.54, 1.807) is 11.5 Å². The minimum Gasteiger partial charge on any atom is -0.312 e. The van der Waals surface area contributed by atoms with Crippen molar-refractivity contribution < 1.29 is 4.79 Å². The first-order valence-corrected chi connectivity index (χ1v) is 6.82. The Labute approximate surface area is 120 Å². The minimum absolute atomic E-state index is 0.0492. The third kappa shape index (κ3) is 2.69. The number of carbonyl (C=O) groups excluding carboxylic acids is 1. The molecule has 2 N–H and O–H groups in total. The second-order valence-corrected chi connectivity index (χ2v) is 5.39. The molecule has 0 atom stereocenters. The quantitative estimate of drug-likeness (QED) is 0.858. The molecule has 0 radical (unpaired) electrons. The van der Waals surface area contributed by atoms with Crippen LogP contribution in [-0.4, -0.2) is 31.1 Å². The predicted octanol–water partition coefficient (Wildman–Crippen LogP) is 0.641. The van der Waals surface area contributed by atoms with E-state index in [1.807, 2.05) is 13.0 Å². The highest BCUT2D eigenvalue weighted by molar-refractivity contribution is 6.04. The number of rotatable bonds is 4. The number of hydrogen-bond acceptors (Lipinski definition) is 5. The van der Waals surface area contributed by atoms with Gasteiger partial charge in [-0.3, -0.25) is 14.9 Å². The van der Waals surface area contributed by atoms with E-state index in [2.05, 4.69) is 25.9 Å². The van der Waals surface area contributed by atoms with Gasteiger partial charge in [0.15, 0.2) is 0 Å². The number of aromatic nitrogens is 5. The monoisotopic (exact) mass is 288 g/mol. The number of aromatic amines is 1.